The SMILES string of the molecule is CCOC(=O)N[C@@H]1Cc2ccccc2[C@H]1Oc1ccccc1. The van der Waals surface area contributed by atoms with Gasteiger partial charge in [-0.3, -0.25) is 0 Å². The van der Waals surface area contributed by atoms with Crippen molar-refractivity contribution in [1.29, 1.82) is 0 Å². The summed E-state index contributed by atoms with van der Waals surface area (Å²) in [5, 5.41) is 2.91. The van der Waals surface area contributed by atoms with Gasteiger partial charge in [0.05, 0.1) is 12.6 Å². The van der Waals surface area contributed by atoms with E-state index in [1.165, 1.54) is 5.56 Å². The summed E-state index contributed by atoms with van der Waals surface area (Å²) in [5.74, 6) is 0.792. The molecule has 0 unspecified atom stereocenters. The number of carbonyl (C=O) groups excluding carboxylic acids is 1. The number of fused-ring (bicyclic) bond motifs is 1. The zero-order chi connectivity index (χ0) is 15.4. The summed E-state index contributed by atoms with van der Waals surface area (Å²) < 4.78 is 11.1. The van der Waals surface area contributed by atoms with Crippen LogP contribution in [0.5, 0.6) is 5.75 Å². The van der Waals surface area contributed by atoms with E-state index in [9.17, 15) is 4.79 Å². The molecule has 0 saturated heterocycles. The number of amides is 1. The van der Waals surface area contributed by atoms with E-state index < -0.39 is 6.09 Å². The largest absolute Gasteiger partial charge is 0.484 e. The van der Waals surface area contributed by atoms with Crippen molar-refractivity contribution in [3.05, 3.63) is 65.7 Å². The molecule has 1 aliphatic carbocycles. The normalized spacial score (nSPS) is 19.3. The van der Waals surface area contributed by atoms with Crippen molar-refractivity contribution in [2.75, 3.05) is 6.61 Å². The van der Waals surface area contributed by atoms with Crippen LogP contribution in [0, 0.1) is 0 Å². The van der Waals surface area contributed by atoms with Crippen LogP contribution in [-0.2, 0) is 11.2 Å². The first-order valence-electron chi connectivity index (χ1n) is 7.50. The first kappa shape index (κ1) is 14.4. The molecule has 0 bridgehead atoms. The molecule has 0 radical (unpaired) electrons. The smallest absolute Gasteiger partial charge is 0.407 e. The predicted octanol–water partition coefficient (Wildman–Crippen LogP) is 3.48. The van der Waals surface area contributed by atoms with E-state index >= 15 is 0 Å². The Balaban J connectivity index is 1.82. The Morgan fingerprint density at radius 2 is 1.86 bits per heavy atom. The highest BCUT2D eigenvalue weighted by Gasteiger charge is 2.35. The van der Waals surface area contributed by atoms with Gasteiger partial charge in [0.1, 0.15) is 11.9 Å². The molecular weight excluding hydrogens is 278 g/mol. The lowest BCUT2D eigenvalue weighted by Crippen LogP contribution is -2.39. The molecule has 0 spiro atoms. The lowest BCUT2D eigenvalue weighted by Gasteiger charge is -2.22. The van der Waals surface area contributed by atoms with Gasteiger partial charge in [0.2, 0.25) is 0 Å². The molecule has 114 valence electrons. The van der Waals surface area contributed by atoms with Crippen molar-refractivity contribution in [3.8, 4) is 5.75 Å². The minimum atomic E-state index is -0.401. The molecule has 22 heavy (non-hydrogen) atoms. The van der Waals surface area contributed by atoms with E-state index in [0.717, 1.165) is 17.7 Å². The van der Waals surface area contributed by atoms with Crippen molar-refractivity contribution in [1.82, 2.24) is 5.32 Å². The number of carbonyl (C=O) groups is 1. The van der Waals surface area contributed by atoms with E-state index in [1.54, 1.807) is 6.92 Å². The lowest BCUT2D eigenvalue weighted by atomic mass is 10.1. The lowest BCUT2D eigenvalue weighted by molar-refractivity contribution is 0.126. The van der Waals surface area contributed by atoms with Gasteiger partial charge in [0.15, 0.2) is 0 Å². The zero-order valence-electron chi connectivity index (χ0n) is 12.5. The third kappa shape index (κ3) is 3.06. The molecular formula is C18H19NO3. The fraction of sp³-hybridized carbons (Fsp3) is 0.278. The van der Waals surface area contributed by atoms with E-state index in [0.29, 0.717) is 6.61 Å². The van der Waals surface area contributed by atoms with Crippen LogP contribution in [-0.4, -0.2) is 18.7 Å². The average molecular weight is 297 g/mol. The molecule has 3 rings (SSSR count). The Hall–Kier alpha value is -2.49. The summed E-state index contributed by atoms with van der Waals surface area (Å²) in [7, 11) is 0. The number of alkyl carbamates (subject to hydrolysis) is 1. The van der Waals surface area contributed by atoms with Crippen LogP contribution in [0.3, 0.4) is 0 Å². The van der Waals surface area contributed by atoms with Crippen molar-refractivity contribution >= 4 is 6.09 Å². The Morgan fingerprint density at radius 3 is 2.64 bits per heavy atom. The molecule has 2 aromatic carbocycles. The van der Waals surface area contributed by atoms with Crippen molar-refractivity contribution in [3.63, 3.8) is 0 Å². The van der Waals surface area contributed by atoms with Gasteiger partial charge in [0, 0.05) is 0 Å². The first-order chi connectivity index (χ1) is 10.8. The molecule has 0 aliphatic heterocycles. The highest BCUT2D eigenvalue weighted by atomic mass is 16.5. The third-order valence-corrected chi connectivity index (χ3v) is 3.75. The van der Waals surface area contributed by atoms with Crippen molar-refractivity contribution < 1.29 is 14.3 Å². The monoisotopic (exact) mass is 297 g/mol. The Morgan fingerprint density at radius 1 is 1.14 bits per heavy atom. The molecule has 1 N–H and O–H groups in total. The van der Waals surface area contributed by atoms with Crippen molar-refractivity contribution in [2.24, 2.45) is 0 Å². The fourth-order valence-electron chi connectivity index (χ4n) is 2.80. The summed E-state index contributed by atoms with van der Waals surface area (Å²) >= 11 is 0. The maximum Gasteiger partial charge on any atom is 0.407 e. The number of hydrogen-bond acceptors (Lipinski definition) is 3. The Kier molecular flexibility index (Phi) is 4.28. The molecule has 1 aliphatic rings. The molecule has 0 saturated carbocycles. The molecule has 4 nitrogen and oxygen atoms in total. The summed E-state index contributed by atoms with van der Waals surface area (Å²) in [4.78, 5) is 11.8. The van der Waals surface area contributed by atoms with E-state index in [-0.39, 0.29) is 12.1 Å². The molecule has 2 atom stereocenters. The van der Waals surface area contributed by atoms with Crippen LogP contribution < -0.4 is 10.1 Å². The number of benzene rings is 2. The second-order valence-corrected chi connectivity index (χ2v) is 5.23. The second-order valence-electron chi connectivity index (χ2n) is 5.23. The van der Waals surface area contributed by atoms with Crippen LogP contribution in [0.4, 0.5) is 4.79 Å². The predicted molar refractivity (Wildman–Crippen MR) is 83.9 cm³/mol. The van der Waals surface area contributed by atoms with Gasteiger partial charge in [-0.05, 0) is 36.6 Å². The summed E-state index contributed by atoms with van der Waals surface area (Å²) in [6, 6.07) is 17.6. The third-order valence-electron chi connectivity index (χ3n) is 3.75. The van der Waals surface area contributed by atoms with Gasteiger partial charge in [-0.25, -0.2) is 4.79 Å². The van der Waals surface area contributed by atoms with Gasteiger partial charge < -0.3 is 14.8 Å². The fourth-order valence-corrected chi connectivity index (χ4v) is 2.80. The van der Waals surface area contributed by atoms with Crippen molar-refractivity contribution in [2.45, 2.75) is 25.5 Å². The summed E-state index contributed by atoms with van der Waals surface area (Å²) in [6.07, 6.45) is 0.136. The van der Waals surface area contributed by atoms with Gasteiger partial charge in [0.25, 0.3) is 0 Å². The minimum absolute atomic E-state index is 0.128. The second kappa shape index (κ2) is 6.52. The van der Waals surface area contributed by atoms with E-state index in [1.807, 2.05) is 42.5 Å². The Bertz CT molecular complexity index is 642. The number of para-hydroxylation sites is 1. The van der Waals surface area contributed by atoms with Crippen LogP contribution in [0.15, 0.2) is 54.6 Å². The van der Waals surface area contributed by atoms with Crippen LogP contribution in [0.25, 0.3) is 0 Å². The number of rotatable bonds is 4. The number of hydrogen-bond donors (Lipinski definition) is 1. The average Bonchev–Trinajstić information content (AvgIpc) is 2.86. The van der Waals surface area contributed by atoms with Gasteiger partial charge in [-0.15, -0.1) is 0 Å². The minimum Gasteiger partial charge on any atom is -0.484 e. The molecule has 0 heterocycles. The van der Waals surface area contributed by atoms with Crippen LogP contribution >= 0.6 is 0 Å². The topological polar surface area (TPSA) is 47.6 Å². The maximum absolute atomic E-state index is 11.8. The zero-order valence-corrected chi connectivity index (χ0v) is 12.5. The standard InChI is InChI=1S/C18H19NO3/c1-2-21-18(20)19-16-12-13-8-6-7-11-15(13)17(16)22-14-9-4-3-5-10-14/h3-11,16-17H,2,12H2,1H3,(H,19,20)/t16-,17-/m1/s1. The number of nitrogens with one attached hydrogen (secondary N) is 1. The number of ether oxygens (including phenoxy) is 2. The Labute approximate surface area is 130 Å². The highest BCUT2D eigenvalue weighted by molar-refractivity contribution is 5.68. The van der Waals surface area contributed by atoms with E-state index in [4.69, 9.17) is 9.47 Å². The molecule has 0 aromatic heterocycles. The molecule has 0 fully saturated rings. The van der Waals surface area contributed by atoms with Crippen LogP contribution in [0.1, 0.15) is 24.2 Å². The first-order valence-corrected chi connectivity index (χ1v) is 7.50. The molecule has 2 aromatic rings. The molecule has 4 heteroatoms. The maximum atomic E-state index is 11.8. The highest BCUT2D eigenvalue weighted by Crippen LogP contribution is 2.35. The summed E-state index contributed by atoms with van der Waals surface area (Å²) in [6.45, 7) is 2.15. The molecule has 1 amide bonds. The summed E-state index contributed by atoms with van der Waals surface area (Å²) in [5.41, 5.74) is 2.32. The van der Waals surface area contributed by atoms with Gasteiger partial charge in [-0.1, -0.05) is 42.5 Å². The van der Waals surface area contributed by atoms with Crippen LogP contribution in [0.2, 0.25) is 0 Å². The van der Waals surface area contributed by atoms with E-state index in [2.05, 4.69) is 17.4 Å². The quantitative estimate of drug-likeness (QED) is 0.940. The van der Waals surface area contributed by atoms with Gasteiger partial charge in [-0.2, -0.15) is 0 Å². The van der Waals surface area contributed by atoms with Gasteiger partial charge >= 0.3 is 6.09 Å².